The Bertz CT molecular complexity index is 1050. The molecule has 0 atom stereocenters. The molecule has 0 aliphatic carbocycles. The number of carbonyl (C=O) groups excluding carboxylic acids is 1. The Hall–Kier alpha value is -3.35. The first-order valence-electron chi connectivity index (χ1n) is 11.8. The van der Waals surface area contributed by atoms with Gasteiger partial charge in [-0.3, -0.25) is 4.90 Å². The second kappa shape index (κ2) is 12.2. The number of carbonyl (C=O) groups is 1. The smallest absolute Gasteiger partial charge is 0.317 e. The van der Waals surface area contributed by atoms with Crippen molar-refractivity contribution >= 4 is 6.03 Å². The molecule has 0 radical (unpaired) electrons. The van der Waals surface area contributed by atoms with Gasteiger partial charge in [0.1, 0.15) is 12.4 Å². The highest BCUT2D eigenvalue weighted by Gasteiger charge is 2.13. The molecule has 2 amide bonds. The highest BCUT2D eigenvalue weighted by molar-refractivity contribution is 5.75. The van der Waals surface area contributed by atoms with Gasteiger partial charge in [-0.05, 0) is 34.4 Å². The average molecular weight is 460 g/mol. The van der Waals surface area contributed by atoms with Crippen molar-refractivity contribution < 1.29 is 14.3 Å². The van der Waals surface area contributed by atoms with Gasteiger partial charge in [0.15, 0.2) is 0 Å². The molecule has 0 unspecified atom stereocenters. The zero-order valence-electron chi connectivity index (χ0n) is 19.8. The van der Waals surface area contributed by atoms with Crippen LogP contribution in [0.2, 0.25) is 0 Å². The van der Waals surface area contributed by atoms with Crippen molar-refractivity contribution in [1.29, 1.82) is 0 Å². The molecule has 4 rings (SSSR count). The third-order valence-electron chi connectivity index (χ3n) is 5.98. The Morgan fingerprint density at radius 3 is 2.59 bits per heavy atom. The van der Waals surface area contributed by atoms with Gasteiger partial charge >= 0.3 is 6.03 Å². The summed E-state index contributed by atoms with van der Waals surface area (Å²) in [4.78, 5) is 16.8. The zero-order chi connectivity index (χ0) is 23.6. The zero-order valence-corrected chi connectivity index (χ0v) is 19.8. The van der Waals surface area contributed by atoms with Crippen molar-refractivity contribution in [3.05, 3.63) is 90.0 Å². The molecule has 6 heteroatoms. The fraction of sp³-hybridized carbons (Fsp3) is 0.321. The number of ether oxygens (including phenoxy) is 2. The molecule has 0 saturated carbocycles. The molecule has 3 aromatic carbocycles. The molecule has 3 aromatic rings. The Kier molecular flexibility index (Phi) is 8.54. The summed E-state index contributed by atoms with van der Waals surface area (Å²) in [5.74, 6) is 0.824. The standard InChI is InChI=1S/C28H33N3O3/c1-30(22-25-11-5-6-13-27(25)24-9-3-2-4-10-24)28(32)29-21-23-8-7-12-26(20-23)34-19-16-31-14-17-33-18-15-31/h2-13,20H,14-19,21-22H2,1H3,(H,29,32). The van der Waals surface area contributed by atoms with Gasteiger partial charge < -0.3 is 19.7 Å². The van der Waals surface area contributed by atoms with Crippen molar-refractivity contribution in [2.24, 2.45) is 0 Å². The number of amides is 2. The van der Waals surface area contributed by atoms with E-state index in [1.165, 1.54) is 0 Å². The quantitative estimate of drug-likeness (QED) is 0.515. The van der Waals surface area contributed by atoms with E-state index in [2.05, 4.69) is 34.5 Å². The van der Waals surface area contributed by atoms with Gasteiger partial charge in [-0.1, -0.05) is 66.7 Å². The van der Waals surface area contributed by atoms with Crippen LogP contribution in [-0.2, 0) is 17.8 Å². The van der Waals surface area contributed by atoms with Crippen LogP contribution in [0.15, 0.2) is 78.9 Å². The van der Waals surface area contributed by atoms with Gasteiger partial charge in [-0.15, -0.1) is 0 Å². The van der Waals surface area contributed by atoms with Crippen molar-refractivity contribution in [3.8, 4) is 16.9 Å². The Balaban J connectivity index is 1.27. The van der Waals surface area contributed by atoms with Crippen LogP contribution < -0.4 is 10.1 Å². The molecule has 1 aliphatic heterocycles. The topological polar surface area (TPSA) is 54.0 Å². The van der Waals surface area contributed by atoms with E-state index in [0.717, 1.165) is 60.9 Å². The lowest BCUT2D eigenvalue weighted by molar-refractivity contribution is 0.0322. The van der Waals surface area contributed by atoms with Gasteiger partial charge in [-0.25, -0.2) is 4.79 Å². The molecule has 1 heterocycles. The first-order valence-corrected chi connectivity index (χ1v) is 11.8. The summed E-state index contributed by atoms with van der Waals surface area (Å²) in [6.45, 7) is 6.01. The Morgan fingerprint density at radius 2 is 1.76 bits per heavy atom. The van der Waals surface area contributed by atoms with Crippen LogP contribution in [0.25, 0.3) is 11.1 Å². The van der Waals surface area contributed by atoms with E-state index in [9.17, 15) is 4.79 Å². The lowest BCUT2D eigenvalue weighted by Gasteiger charge is -2.26. The molecular formula is C28H33N3O3. The van der Waals surface area contributed by atoms with Crippen LogP contribution in [0.5, 0.6) is 5.75 Å². The van der Waals surface area contributed by atoms with Crippen molar-refractivity contribution in [2.75, 3.05) is 46.5 Å². The minimum Gasteiger partial charge on any atom is -0.492 e. The van der Waals surface area contributed by atoms with Crippen molar-refractivity contribution in [3.63, 3.8) is 0 Å². The van der Waals surface area contributed by atoms with Crippen LogP contribution in [0.4, 0.5) is 4.79 Å². The minimum absolute atomic E-state index is 0.110. The molecule has 1 N–H and O–H groups in total. The second-order valence-corrected chi connectivity index (χ2v) is 8.49. The molecule has 34 heavy (non-hydrogen) atoms. The van der Waals surface area contributed by atoms with E-state index in [0.29, 0.717) is 19.7 Å². The maximum absolute atomic E-state index is 12.8. The normalized spacial score (nSPS) is 13.9. The summed E-state index contributed by atoms with van der Waals surface area (Å²) in [6.07, 6.45) is 0. The molecule has 0 spiro atoms. The first kappa shape index (κ1) is 23.8. The monoisotopic (exact) mass is 459 g/mol. The third-order valence-corrected chi connectivity index (χ3v) is 5.98. The van der Waals surface area contributed by atoms with Gasteiger partial charge in [0.2, 0.25) is 0 Å². The van der Waals surface area contributed by atoms with Crippen LogP contribution >= 0.6 is 0 Å². The predicted octanol–water partition coefficient (Wildman–Crippen LogP) is 4.41. The summed E-state index contributed by atoms with van der Waals surface area (Å²) >= 11 is 0. The number of benzene rings is 3. The number of hydrogen-bond acceptors (Lipinski definition) is 4. The molecule has 1 saturated heterocycles. The second-order valence-electron chi connectivity index (χ2n) is 8.49. The summed E-state index contributed by atoms with van der Waals surface area (Å²) in [6, 6.07) is 26.3. The lowest BCUT2D eigenvalue weighted by atomic mass is 9.99. The lowest BCUT2D eigenvalue weighted by Crippen LogP contribution is -2.38. The van der Waals surface area contributed by atoms with E-state index in [1.807, 2.05) is 61.6 Å². The molecule has 0 aromatic heterocycles. The highest BCUT2D eigenvalue weighted by atomic mass is 16.5. The van der Waals surface area contributed by atoms with E-state index in [-0.39, 0.29) is 6.03 Å². The predicted molar refractivity (Wildman–Crippen MR) is 135 cm³/mol. The van der Waals surface area contributed by atoms with Crippen molar-refractivity contribution in [2.45, 2.75) is 13.1 Å². The minimum atomic E-state index is -0.110. The summed E-state index contributed by atoms with van der Waals surface area (Å²) in [5.41, 5.74) is 4.42. The number of rotatable bonds is 9. The molecule has 6 nitrogen and oxygen atoms in total. The average Bonchev–Trinajstić information content (AvgIpc) is 2.89. The number of nitrogens with zero attached hydrogens (tertiary/aromatic N) is 2. The maximum atomic E-state index is 12.8. The fourth-order valence-electron chi connectivity index (χ4n) is 4.06. The summed E-state index contributed by atoms with van der Waals surface area (Å²) < 4.78 is 11.3. The van der Waals surface area contributed by atoms with E-state index < -0.39 is 0 Å². The van der Waals surface area contributed by atoms with Crippen LogP contribution in [0.3, 0.4) is 0 Å². The van der Waals surface area contributed by atoms with Crippen LogP contribution in [-0.4, -0.2) is 62.3 Å². The van der Waals surface area contributed by atoms with Gasteiger partial charge in [0.05, 0.1) is 13.2 Å². The number of morpholine rings is 1. The summed E-state index contributed by atoms with van der Waals surface area (Å²) in [5, 5.41) is 3.02. The maximum Gasteiger partial charge on any atom is 0.317 e. The molecule has 1 fully saturated rings. The van der Waals surface area contributed by atoms with Crippen LogP contribution in [0.1, 0.15) is 11.1 Å². The van der Waals surface area contributed by atoms with E-state index in [4.69, 9.17) is 9.47 Å². The third kappa shape index (κ3) is 6.83. The van der Waals surface area contributed by atoms with Crippen LogP contribution in [0, 0.1) is 0 Å². The van der Waals surface area contributed by atoms with Crippen molar-refractivity contribution in [1.82, 2.24) is 15.1 Å². The Labute approximate surface area is 202 Å². The largest absolute Gasteiger partial charge is 0.492 e. The first-order chi connectivity index (χ1) is 16.7. The van der Waals surface area contributed by atoms with E-state index >= 15 is 0 Å². The Morgan fingerprint density at radius 1 is 1.00 bits per heavy atom. The van der Waals surface area contributed by atoms with Gasteiger partial charge in [-0.2, -0.15) is 0 Å². The van der Waals surface area contributed by atoms with E-state index in [1.54, 1.807) is 4.90 Å². The van der Waals surface area contributed by atoms with Gasteiger partial charge in [0.25, 0.3) is 0 Å². The summed E-state index contributed by atoms with van der Waals surface area (Å²) in [7, 11) is 1.82. The number of hydrogen-bond donors (Lipinski definition) is 1. The highest BCUT2D eigenvalue weighted by Crippen LogP contribution is 2.24. The number of nitrogens with one attached hydrogen (secondary N) is 1. The SMILES string of the molecule is CN(Cc1ccccc1-c1ccccc1)C(=O)NCc1cccc(OCCN2CCOCC2)c1. The fourth-order valence-corrected chi connectivity index (χ4v) is 4.06. The number of urea groups is 1. The molecule has 1 aliphatic rings. The molecular weight excluding hydrogens is 426 g/mol. The molecule has 178 valence electrons. The molecule has 0 bridgehead atoms. The van der Waals surface area contributed by atoms with Gasteiger partial charge in [0, 0.05) is 39.8 Å².